The Morgan fingerprint density at radius 2 is 0.662 bits per heavy atom. The van der Waals surface area contributed by atoms with Gasteiger partial charge in [0.1, 0.15) is 0 Å². The van der Waals surface area contributed by atoms with Crippen LogP contribution in [0, 0.1) is 83.1 Å². The highest BCUT2D eigenvalue weighted by molar-refractivity contribution is 6.27. The first-order valence-corrected chi connectivity index (χ1v) is 26.2. The van der Waals surface area contributed by atoms with Crippen molar-refractivity contribution in [2.45, 2.75) is 156 Å². The average molecular weight is 945 g/mol. The predicted molar refractivity (Wildman–Crippen MR) is 317 cm³/mol. The molecule has 9 aromatic rings. The van der Waals surface area contributed by atoms with Crippen LogP contribution in [0.3, 0.4) is 0 Å². The van der Waals surface area contributed by atoms with Crippen molar-refractivity contribution in [1.82, 2.24) is 0 Å². The first-order valence-electron chi connectivity index (χ1n) is 26.2. The van der Waals surface area contributed by atoms with Gasteiger partial charge in [0.2, 0.25) is 0 Å². The van der Waals surface area contributed by atoms with E-state index in [-0.39, 0.29) is 5.78 Å². The summed E-state index contributed by atoms with van der Waals surface area (Å²) in [6.07, 6.45) is 9.63. The molecule has 9 rings (SSSR count). The van der Waals surface area contributed by atoms with Gasteiger partial charge in [-0.15, -0.1) is 0 Å². The minimum atomic E-state index is 0.137. The zero-order chi connectivity index (χ0) is 52.3. The number of rotatable bonds is 7. The summed E-state index contributed by atoms with van der Waals surface area (Å²) in [5.74, 6) is 0.137. The molecular formula is C69H84O2. The van der Waals surface area contributed by atoms with E-state index in [0.717, 1.165) is 19.3 Å². The Kier molecular flexibility index (Phi) is 19.9. The number of ether oxygens (including phenoxy) is 1. The van der Waals surface area contributed by atoms with Crippen LogP contribution in [0.15, 0.2) is 115 Å². The lowest BCUT2D eigenvalue weighted by atomic mass is 9.88. The molecule has 0 N–H and O–H groups in total. The lowest BCUT2D eigenvalue weighted by molar-refractivity contribution is -0.112. The SMILES string of the molecule is CCCC(C)OC.CCCC=CC(C)=O.CCc1ccccc1.Cc1cc2c3cc(C)c(C)cc3c3cc(C)c(C)cc3c2cc1C.Cc1cc2c3cc(C)c(C)cc3c3cc(C)c(C)cc3c2cc1C. The Morgan fingerprint density at radius 1 is 0.423 bits per heavy atom. The number of methoxy groups -OCH3 is 1. The van der Waals surface area contributed by atoms with E-state index >= 15 is 0 Å². The first kappa shape index (κ1) is 55.8. The largest absolute Gasteiger partial charge is 0.382 e. The van der Waals surface area contributed by atoms with Gasteiger partial charge in [0.15, 0.2) is 5.78 Å². The Hall–Kier alpha value is -6.09. The lowest BCUT2D eigenvalue weighted by Gasteiger charge is -2.16. The molecule has 0 aliphatic carbocycles. The lowest BCUT2D eigenvalue weighted by Crippen LogP contribution is -2.02. The highest BCUT2D eigenvalue weighted by Crippen LogP contribution is 2.40. The smallest absolute Gasteiger partial charge is 0.152 e. The second-order valence-electron chi connectivity index (χ2n) is 20.4. The topological polar surface area (TPSA) is 26.3 Å². The van der Waals surface area contributed by atoms with Crippen LogP contribution in [0.5, 0.6) is 0 Å². The summed E-state index contributed by atoms with van der Waals surface area (Å²) in [6.45, 7) is 36.6. The van der Waals surface area contributed by atoms with Gasteiger partial charge >= 0.3 is 0 Å². The van der Waals surface area contributed by atoms with E-state index in [0.29, 0.717) is 6.10 Å². The number of allylic oxidation sites excluding steroid dienone is 2. The molecule has 0 aromatic heterocycles. The molecule has 0 radical (unpaired) electrons. The molecule has 2 heteroatoms. The minimum Gasteiger partial charge on any atom is -0.382 e. The van der Waals surface area contributed by atoms with E-state index in [1.165, 1.54) is 150 Å². The Labute approximate surface area is 428 Å². The average Bonchev–Trinajstić information content (AvgIpc) is 3.34. The maximum atomic E-state index is 10.2. The molecule has 0 fully saturated rings. The van der Waals surface area contributed by atoms with Crippen molar-refractivity contribution in [3.63, 3.8) is 0 Å². The number of carbonyl (C=O) groups excluding carboxylic acids is 1. The van der Waals surface area contributed by atoms with Crippen LogP contribution in [-0.4, -0.2) is 19.0 Å². The highest BCUT2D eigenvalue weighted by Gasteiger charge is 2.14. The number of unbranched alkanes of at least 4 members (excludes halogenated alkanes) is 1. The van der Waals surface area contributed by atoms with Crippen LogP contribution >= 0.6 is 0 Å². The molecule has 1 atom stereocenters. The standard InChI is InChI=1S/2C24H24.C8H10.C7H12O.C6H14O/c2*1-13-7-19-20(8-14(13)2)22-10-16(4)18(6)12-24(22)23-11-17(5)15(3)9-21(19)23;1-2-8-6-4-3-5-7-8;1-3-4-5-6-7(2)8;1-4-5-6(2)7-3/h2*7-12H,1-6H3;3-7H,2H2,1H3;5-6H,3-4H2,1-2H3;6H,4-5H2,1-3H3. The van der Waals surface area contributed by atoms with Crippen LogP contribution in [0.25, 0.3) is 64.6 Å². The molecule has 2 nitrogen and oxygen atoms in total. The predicted octanol–water partition coefficient (Wildman–Crippen LogP) is 20.0. The molecule has 71 heavy (non-hydrogen) atoms. The third kappa shape index (κ3) is 13.7. The molecule has 1 unspecified atom stereocenters. The zero-order valence-corrected chi connectivity index (χ0v) is 46.9. The number of carbonyl (C=O) groups is 1. The van der Waals surface area contributed by atoms with Crippen molar-refractivity contribution < 1.29 is 9.53 Å². The summed E-state index contributed by atoms with van der Waals surface area (Å²) in [4.78, 5) is 10.2. The Morgan fingerprint density at radius 3 is 0.803 bits per heavy atom. The number of benzene rings is 9. The fourth-order valence-corrected chi connectivity index (χ4v) is 9.23. The molecular weight excluding hydrogens is 861 g/mol. The number of hydrogen-bond donors (Lipinski definition) is 0. The summed E-state index contributed by atoms with van der Waals surface area (Å²) in [6, 6.07) is 38.9. The molecule has 0 spiro atoms. The van der Waals surface area contributed by atoms with Gasteiger partial charge in [0.25, 0.3) is 0 Å². The van der Waals surface area contributed by atoms with Gasteiger partial charge in [-0.25, -0.2) is 0 Å². The van der Waals surface area contributed by atoms with E-state index in [1.807, 2.05) is 12.1 Å². The van der Waals surface area contributed by atoms with Crippen molar-refractivity contribution in [2.75, 3.05) is 7.11 Å². The van der Waals surface area contributed by atoms with Crippen LogP contribution in [0.2, 0.25) is 0 Å². The molecule has 0 bridgehead atoms. The van der Waals surface area contributed by atoms with Crippen molar-refractivity contribution in [1.29, 1.82) is 0 Å². The third-order valence-electron chi connectivity index (χ3n) is 14.7. The third-order valence-corrected chi connectivity index (χ3v) is 14.7. The van der Waals surface area contributed by atoms with Gasteiger partial charge in [0, 0.05) is 7.11 Å². The molecule has 0 aliphatic heterocycles. The number of ketones is 1. The number of hydrogen-bond acceptors (Lipinski definition) is 2. The monoisotopic (exact) mass is 945 g/mol. The second kappa shape index (κ2) is 25.3. The molecule has 0 saturated carbocycles. The van der Waals surface area contributed by atoms with Gasteiger partial charge in [-0.2, -0.15) is 0 Å². The van der Waals surface area contributed by atoms with Crippen molar-refractivity contribution >= 4 is 70.4 Å². The zero-order valence-electron chi connectivity index (χ0n) is 46.9. The minimum absolute atomic E-state index is 0.137. The molecule has 0 aliphatic rings. The molecule has 9 aromatic carbocycles. The number of aryl methyl sites for hydroxylation is 13. The van der Waals surface area contributed by atoms with E-state index in [9.17, 15) is 4.79 Å². The number of fused-ring (bicyclic) bond motifs is 12. The summed E-state index contributed by atoms with van der Waals surface area (Å²) in [7, 11) is 1.75. The Balaban J connectivity index is 0.000000185. The van der Waals surface area contributed by atoms with Crippen molar-refractivity contribution in [3.8, 4) is 0 Å². The quantitative estimate of drug-likeness (QED) is 0.118. The van der Waals surface area contributed by atoms with Gasteiger partial charge in [0.05, 0.1) is 6.10 Å². The summed E-state index contributed by atoms with van der Waals surface area (Å²) in [5, 5.41) is 16.6. The summed E-state index contributed by atoms with van der Waals surface area (Å²) in [5.41, 5.74) is 17.8. The first-order chi connectivity index (χ1) is 33.7. The summed E-state index contributed by atoms with van der Waals surface area (Å²) >= 11 is 0. The normalized spacial score (nSPS) is 11.5. The highest BCUT2D eigenvalue weighted by atomic mass is 16.5. The van der Waals surface area contributed by atoms with Gasteiger partial charge in [-0.1, -0.05) is 143 Å². The Bertz CT molecular complexity index is 2620. The molecule has 372 valence electrons. The van der Waals surface area contributed by atoms with E-state index in [4.69, 9.17) is 4.74 Å². The van der Waals surface area contributed by atoms with Crippen LogP contribution in [0.1, 0.15) is 133 Å². The molecule has 0 heterocycles. The van der Waals surface area contributed by atoms with Crippen LogP contribution < -0.4 is 0 Å². The maximum absolute atomic E-state index is 10.2. The van der Waals surface area contributed by atoms with Crippen molar-refractivity contribution in [2.24, 2.45) is 0 Å². The fraction of sp³-hybridized carbons (Fsp3) is 0.348. The van der Waals surface area contributed by atoms with Crippen LogP contribution in [-0.2, 0) is 16.0 Å². The summed E-state index contributed by atoms with van der Waals surface area (Å²) < 4.78 is 4.99. The van der Waals surface area contributed by atoms with E-state index in [2.05, 4.69) is 208 Å². The molecule has 0 amide bonds. The van der Waals surface area contributed by atoms with Crippen molar-refractivity contribution in [3.05, 3.63) is 188 Å². The van der Waals surface area contributed by atoms with E-state index < -0.39 is 0 Å². The van der Waals surface area contributed by atoms with E-state index in [1.54, 1.807) is 20.1 Å². The molecule has 0 saturated heterocycles. The van der Waals surface area contributed by atoms with Crippen LogP contribution in [0.4, 0.5) is 0 Å². The second-order valence-corrected chi connectivity index (χ2v) is 20.4. The maximum Gasteiger partial charge on any atom is 0.152 e. The fourth-order valence-electron chi connectivity index (χ4n) is 9.23. The van der Waals surface area contributed by atoms with Gasteiger partial charge in [-0.3, -0.25) is 4.79 Å². The van der Waals surface area contributed by atoms with Gasteiger partial charge in [-0.05, 0) is 259 Å². The van der Waals surface area contributed by atoms with Gasteiger partial charge < -0.3 is 4.74 Å².